The van der Waals surface area contributed by atoms with E-state index in [9.17, 15) is 35.5 Å². The second-order valence-electron chi connectivity index (χ2n) is 5.91. The normalized spacial score (nSPS) is 14.1. The Morgan fingerprint density at radius 2 is 1.69 bits per heavy atom. The molecule has 0 aromatic heterocycles. The molecule has 0 N–H and O–H groups in total. The Balaban J connectivity index is 3.00. The molecule has 10 heteroatoms. The maximum Gasteiger partial charge on any atom is 0.460 e. The van der Waals surface area contributed by atoms with Crippen LogP contribution in [0.25, 0.3) is 0 Å². The molecule has 0 saturated carbocycles. The van der Waals surface area contributed by atoms with Crippen molar-refractivity contribution in [2.45, 2.75) is 44.3 Å². The summed E-state index contributed by atoms with van der Waals surface area (Å²) in [6.07, 6.45) is -6.57. The maximum atomic E-state index is 13.5. The molecule has 1 aromatic rings. The number of alkyl halides is 7. The lowest BCUT2D eigenvalue weighted by Gasteiger charge is -2.33. The summed E-state index contributed by atoms with van der Waals surface area (Å²) >= 11 is 0. The van der Waals surface area contributed by atoms with Crippen LogP contribution in [0.15, 0.2) is 18.2 Å². The molecule has 0 aliphatic heterocycles. The molecular weight excluding hydrogens is 371 g/mol. The number of methoxy groups -OCH3 is 1. The molecule has 3 nitrogen and oxygen atoms in total. The number of hydrogen-bond donors (Lipinski definition) is 0. The van der Waals surface area contributed by atoms with Crippen molar-refractivity contribution in [1.29, 1.82) is 0 Å². The topological polar surface area (TPSA) is 29.5 Å². The largest absolute Gasteiger partial charge is 0.497 e. The lowest BCUT2D eigenvalue weighted by molar-refractivity contribution is -0.346. The predicted molar refractivity (Wildman–Crippen MR) is 79.6 cm³/mol. The fraction of sp³-hybridized carbons (Fsp3) is 0.562. The Labute approximate surface area is 145 Å². The maximum absolute atomic E-state index is 13.5. The summed E-state index contributed by atoms with van der Waals surface area (Å²) in [5.41, 5.74) is 1.29. The van der Waals surface area contributed by atoms with Crippen molar-refractivity contribution in [3.8, 4) is 5.75 Å². The molecule has 0 aliphatic rings. The van der Waals surface area contributed by atoms with Gasteiger partial charge in [0.1, 0.15) is 5.75 Å². The van der Waals surface area contributed by atoms with Gasteiger partial charge in [-0.15, -0.1) is 0 Å². The minimum absolute atomic E-state index is 0.0221. The average molecular weight is 389 g/mol. The van der Waals surface area contributed by atoms with E-state index in [2.05, 4.69) is 0 Å². The highest BCUT2D eigenvalue weighted by molar-refractivity contribution is 5.85. The van der Waals surface area contributed by atoms with Crippen LogP contribution in [0.1, 0.15) is 18.1 Å². The van der Waals surface area contributed by atoms with Crippen molar-refractivity contribution >= 4 is 5.91 Å². The quantitative estimate of drug-likeness (QED) is 0.682. The van der Waals surface area contributed by atoms with Crippen molar-refractivity contribution in [3.05, 3.63) is 29.3 Å². The third kappa shape index (κ3) is 4.04. The van der Waals surface area contributed by atoms with Gasteiger partial charge in [0.15, 0.2) is 0 Å². The van der Waals surface area contributed by atoms with Crippen LogP contribution < -0.4 is 4.74 Å². The van der Waals surface area contributed by atoms with E-state index in [-0.39, 0.29) is 11.3 Å². The number of hydrogen-bond acceptors (Lipinski definition) is 2. The van der Waals surface area contributed by atoms with Crippen LogP contribution in [0.3, 0.4) is 0 Å². The first-order valence-corrected chi connectivity index (χ1v) is 7.40. The first-order chi connectivity index (χ1) is 11.7. The number of aryl methyl sites for hydroxylation is 1. The van der Waals surface area contributed by atoms with E-state index in [1.807, 2.05) is 0 Å². The molecule has 0 saturated heterocycles. The Morgan fingerprint density at radius 1 is 1.15 bits per heavy atom. The molecule has 1 aromatic carbocycles. The van der Waals surface area contributed by atoms with Gasteiger partial charge in [-0.3, -0.25) is 4.79 Å². The number of likely N-dealkylation sites (N-methyl/N-ethyl adjacent to an activating group) is 1. The van der Waals surface area contributed by atoms with Gasteiger partial charge < -0.3 is 9.64 Å². The number of ether oxygens (including phenoxy) is 1. The highest BCUT2D eigenvalue weighted by atomic mass is 19.4. The monoisotopic (exact) mass is 389 g/mol. The molecule has 1 amide bonds. The molecule has 1 unspecified atom stereocenters. The molecule has 0 fully saturated rings. The van der Waals surface area contributed by atoms with Gasteiger partial charge in [-0.25, -0.2) is 0 Å². The SMILES string of the molecule is COc1ccc(CC(C)N(C)C(=O)C(F)(F)C(F)(F)C(F)(F)F)c(C)c1. The first kappa shape index (κ1) is 22.0. The van der Waals surface area contributed by atoms with Gasteiger partial charge in [-0.2, -0.15) is 30.7 Å². The van der Waals surface area contributed by atoms with Gasteiger partial charge >= 0.3 is 18.0 Å². The van der Waals surface area contributed by atoms with E-state index in [4.69, 9.17) is 4.74 Å². The van der Waals surface area contributed by atoms with Gasteiger partial charge in [0.25, 0.3) is 5.91 Å². The zero-order valence-electron chi connectivity index (χ0n) is 14.4. The van der Waals surface area contributed by atoms with Crippen LogP contribution in [-0.2, 0) is 11.2 Å². The molecule has 1 rings (SSSR count). The van der Waals surface area contributed by atoms with Crippen LogP contribution in [0.4, 0.5) is 30.7 Å². The second kappa shape index (κ2) is 7.32. The second-order valence-corrected chi connectivity index (χ2v) is 5.91. The van der Waals surface area contributed by atoms with E-state index in [1.165, 1.54) is 14.0 Å². The summed E-state index contributed by atoms with van der Waals surface area (Å²) in [4.78, 5) is 11.8. The minimum Gasteiger partial charge on any atom is -0.497 e. The predicted octanol–water partition coefficient (Wildman–Crippen LogP) is 4.23. The van der Waals surface area contributed by atoms with Crippen LogP contribution in [0.2, 0.25) is 0 Å². The molecular formula is C16H18F7NO2. The van der Waals surface area contributed by atoms with Crippen LogP contribution in [-0.4, -0.2) is 49.0 Å². The van der Waals surface area contributed by atoms with Crippen molar-refractivity contribution < 1.29 is 40.3 Å². The number of nitrogens with zero attached hydrogens (tertiary/aromatic N) is 1. The van der Waals surface area contributed by atoms with Gasteiger partial charge in [0.2, 0.25) is 0 Å². The van der Waals surface area contributed by atoms with Crippen molar-refractivity contribution in [1.82, 2.24) is 4.90 Å². The summed E-state index contributed by atoms with van der Waals surface area (Å²) in [5, 5.41) is 0. The molecule has 0 aliphatic carbocycles. The standard InChI is InChI=1S/C16H18F7NO2/c1-9-7-12(26-4)6-5-11(9)8-10(2)24(3)13(25)14(17,18)15(19,20)16(21,22)23/h5-7,10H,8H2,1-4H3. The summed E-state index contributed by atoms with van der Waals surface area (Å²) in [5.74, 6) is -14.5. The highest BCUT2D eigenvalue weighted by Gasteiger charge is 2.76. The lowest BCUT2D eigenvalue weighted by Crippen LogP contribution is -2.60. The van der Waals surface area contributed by atoms with E-state index >= 15 is 0 Å². The summed E-state index contributed by atoms with van der Waals surface area (Å²) in [7, 11) is 2.19. The van der Waals surface area contributed by atoms with Crippen LogP contribution in [0.5, 0.6) is 5.75 Å². The van der Waals surface area contributed by atoms with Gasteiger partial charge in [-0.1, -0.05) is 6.07 Å². The third-order valence-electron chi connectivity index (χ3n) is 4.07. The lowest BCUT2D eigenvalue weighted by atomic mass is 10.00. The minimum atomic E-state index is -6.55. The molecule has 0 radical (unpaired) electrons. The van der Waals surface area contributed by atoms with Crippen molar-refractivity contribution in [2.75, 3.05) is 14.2 Å². The van der Waals surface area contributed by atoms with E-state index in [0.717, 1.165) is 7.05 Å². The highest BCUT2D eigenvalue weighted by Crippen LogP contribution is 2.47. The Bertz CT molecular complexity index is 658. The fourth-order valence-electron chi connectivity index (χ4n) is 2.21. The molecule has 0 bridgehead atoms. The molecule has 0 spiro atoms. The number of halogens is 7. The number of amides is 1. The Morgan fingerprint density at radius 3 is 2.12 bits per heavy atom. The molecule has 1 atom stereocenters. The zero-order valence-corrected chi connectivity index (χ0v) is 14.4. The first-order valence-electron chi connectivity index (χ1n) is 7.40. The van der Waals surface area contributed by atoms with Crippen molar-refractivity contribution in [3.63, 3.8) is 0 Å². The van der Waals surface area contributed by atoms with Crippen LogP contribution >= 0.6 is 0 Å². The molecule has 0 heterocycles. The third-order valence-corrected chi connectivity index (χ3v) is 4.07. The van der Waals surface area contributed by atoms with Gasteiger partial charge in [0, 0.05) is 13.1 Å². The average Bonchev–Trinajstić information content (AvgIpc) is 2.53. The van der Waals surface area contributed by atoms with Crippen molar-refractivity contribution in [2.24, 2.45) is 0 Å². The number of benzene rings is 1. The number of carbonyl (C=O) groups is 1. The van der Waals surface area contributed by atoms with Crippen LogP contribution in [0, 0.1) is 6.92 Å². The number of rotatable bonds is 6. The Kier molecular flexibility index (Phi) is 6.20. The smallest absolute Gasteiger partial charge is 0.460 e. The summed E-state index contributed by atoms with van der Waals surface area (Å²) < 4.78 is 94.8. The molecule has 26 heavy (non-hydrogen) atoms. The Hall–Kier alpha value is -2.00. The fourth-order valence-corrected chi connectivity index (χ4v) is 2.21. The summed E-state index contributed by atoms with van der Waals surface area (Å²) in [6.45, 7) is 2.95. The van der Waals surface area contributed by atoms with E-state index in [0.29, 0.717) is 16.9 Å². The van der Waals surface area contributed by atoms with Gasteiger partial charge in [0.05, 0.1) is 7.11 Å². The zero-order chi connectivity index (χ0) is 20.5. The summed E-state index contributed by atoms with van der Waals surface area (Å²) in [6, 6.07) is 3.75. The number of carbonyl (C=O) groups excluding carboxylic acids is 1. The van der Waals surface area contributed by atoms with E-state index < -0.39 is 30.0 Å². The molecule has 148 valence electrons. The van der Waals surface area contributed by atoms with E-state index in [1.54, 1.807) is 25.1 Å². The van der Waals surface area contributed by atoms with Gasteiger partial charge in [-0.05, 0) is 43.5 Å².